The van der Waals surface area contributed by atoms with E-state index in [0.717, 1.165) is 13.1 Å². The molecule has 0 aliphatic carbocycles. The monoisotopic (exact) mass is 264 g/mol. The van der Waals surface area contributed by atoms with Crippen molar-refractivity contribution in [2.45, 2.75) is 32.2 Å². The molecule has 0 atom stereocenters. The molecule has 100 valence electrons. The zero-order valence-electron chi connectivity index (χ0n) is 11.5. The summed E-state index contributed by atoms with van der Waals surface area (Å²) in [6.45, 7) is 6.19. The predicted octanol–water partition coefficient (Wildman–Crippen LogP) is 3.05. The summed E-state index contributed by atoms with van der Waals surface area (Å²) in [6, 6.07) is 8.80. The van der Waals surface area contributed by atoms with Crippen LogP contribution in [0.15, 0.2) is 24.3 Å². The smallest absolute Gasteiger partial charge is 0.0539 e. The molecule has 0 amide bonds. The highest BCUT2D eigenvalue weighted by Crippen LogP contribution is 2.35. The number of likely N-dealkylation sites (N-methyl/N-ethyl adjacent to an activating group) is 1. The number of nitrogens with two attached hydrogens (primary N) is 1. The zero-order chi connectivity index (χ0) is 13.0. The highest BCUT2D eigenvalue weighted by molar-refractivity contribution is 7.99. The van der Waals surface area contributed by atoms with E-state index in [-0.39, 0.29) is 5.54 Å². The summed E-state index contributed by atoms with van der Waals surface area (Å²) < 4.78 is 0. The molecule has 1 aliphatic heterocycles. The van der Waals surface area contributed by atoms with Gasteiger partial charge in [0.25, 0.3) is 0 Å². The number of nitrogens with zero attached hydrogens (tertiary/aromatic N) is 1. The SMILES string of the molecule is CCN(c1cccc(C)c1)C1(CN)CCSCC1. The first-order chi connectivity index (χ1) is 8.72. The van der Waals surface area contributed by atoms with Gasteiger partial charge in [-0.25, -0.2) is 0 Å². The Hall–Kier alpha value is -0.670. The van der Waals surface area contributed by atoms with Gasteiger partial charge in [-0.3, -0.25) is 0 Å². The number of rotatable bonds is 4. The number of thioether (sulfide) groups is 1. The molecule has 0 radical (unpaired) electrons. The molecule has 1 aromatic carbocycles. The second-order valence-electron chi connectivity index (χ2n) is 5.12. The minimum absolute atomic E-state index is 0.174. The quantitative estimate of drug-likeness (QED) is 0.906. The molecule has 0 saturated carbocycles. The first-order valence-corrected chi connectivity index (χ1v) is 7.99. The van der Waals surface area contributed by atoms with Gasteiger partial charge in [-0.05, 0) is 55.9 Å². The Morgan fingerprint density at radius 3 is 2.61 bits per heavy atom. The summed E-state index contributed by atoms with van der Waals surface area (Å²) in [4.78, 5) is 2.53. The fourth-order valence-corrected chi connectivity index (χ4v) is 4.18. The Bertz CT molecular complexity index is 386. The van der Waals surface area contributed by atoms with Crippen molar-refractivity contribution in [2.75, 3.05) is 29.5 Å². The largest absolute Gasteiger partial charge is 0.365 e. The van der Waals surface area contributed by atoms with Crippen molar-refractivity contribution in [2.24, 2.45) is 5.73 Å². The van der Waals surface area contributed by atoms with Crippen LogP contribution >= 0.6 is 11.8 Å². The molecule has 0 spiro atoms. The summed E-state index contributed by atoms with van der Waals surface area (Å²) in [5, 5.41) is 0. The first-order valence-electron chi connectivity index (χ1n) is 6.84. The van der Waals surface area contributed by atoms with E-state index in [0.29, 0.717) is 0 Å². The molecule has 3 heteroatoms. The topological polar surface area (TPSA) is 29.3 Å². The van der Waals surface area contributed by atoms with Crippen LogP contribution in [0.25, 0.3) is 0 Å². The summed E-state index contributed by atoms with van der Waals surface area (Å²) in [6.07, 6.45) is 2.41. The third-order valence-electron chi connectivity index (χ3n) is 4.01. The Morgan fingerprint density at radius 1 is 1.33 bits per heavy atom. The number of aryl methyl sites for hydroxylation is 1. The van der Waals surface area contributed by atoms with E-state index >= 15 is 0 Å². The Morgan fingerprint density at radius 2 is 2.06 bits per heavy atom. The minimum Gasteiger partial charge on any atom is -0.365 e. The number of benzene rings is 1. The van der Waals surface area contributed by atoms with E-state index in [4.69, 9.17) is 5.73 Å². The van der Waals surface area contributed by atoms with Gasteiger partial charge in [0.05, 0.1) is 5.54 Å². The van der Waals surface area contributed by atoms with Crippen molar-refractivity contribution in [3.05, 3.63) is 29.8 Å². The highest BCUT2D eigenvalue weighted by atomic mass is 32.2. The normalized spacial score (nSPS) is 18.6. The van der Waals surface area contributed by atoms with Gasteiger partial charge in [0.1, 0.15) is 0 Å². The van der Waals surface area contributed by atoms with E-state index in [1.165, 1.54) is 35.6 Å². The van der Waals surface area contributed by atoms with E-state index in [1.807, 2.05) is 0 Å². The molecule has 0 unspecified atom stereocenters. The maximum absolute atomic E-state index is 6.14. The van der Waals surface area contributed by atoms with E-state index in [1.54, 1.807) is 0 Å². The van der Waals surface area contributed by atoms with Crippen molar-refractivity contribution in [3.63, 3.8) is 0 Å². The Labute approximate surface area is 115 Å². The summed E-state index contributed by atoms with van der Waals surface area (Å²) in [5.74, 6) is 2.47. The lowest BCUT2D eigenvalue weighted by Crippen LogP contribution is -2.56. The third-order valence-corrected chi connectivity index (χ3v) is 4.99. The van der Waals surface area contributed by atoms with Gasteiger partial charge in [0.2, 0.25) is 0 Å². The molecular weight excluding hydrogens is 240 g/mol. The Kier molecular flexibility index (Phi) is 4.57. The van der Waals surface area contributed by atoms with Gasteiger partial charge in [0.15, 0.2) is 0 Å². The van der Waals surface area contributed by atoms with Crippen LogP contribution in [0.2, 0.25) is 0 Å². The first kappa shape index (κ1) is 13.8. The van der Waals surface area contributed by atoms with Crippen molar-refractivity contribution in [1.29, 1.82) is 0 Å². The van der Waals surface area contributed by atoms with Crippen LogP contribution in [0.3, 0.4) is 0 Å². The van der Waals surface area contributed by atoms with Crippen LogP contribution in [-0.4, -0.2) is 30.1 Å². The molecule has 1 aromatic rings. The molecule has 2 rings (SSSR count). The predicted molar refractivity (Wildman–Crippen MR) is 82.5 cm³/mol. The molecular formula is C15H24N2S. The molecule has 0 aromatic heterocycles. The van der Waals surface area contributed by atoms with Crippen LogP contribution in [0.1, 0.15) is 25.3 Å². The van der Waals surface area contributed by atoms with Gasteiger partial charge >= 0.3 is 0 Å². The standard InChI is InChI=1S/C15H24N2S/c1-3-17(14-6-4-5-13(2)11-14)15(12-16)7-9-18-10-8-15/h4-6,11H,3,7-10,12,16H2,1-2H3. The van der Waals surface area contributed by atoms with Gasteiger partial charge in [-0.1, -0.05) is 12.1 Å². The zero-order valence-corrected chi connectivity index (χ0v) is 12.3. The fraction of sp³-hybridized carbons (Fsp3) is 0.600. The maximum Gasteiger partial charge on any atom is 0.0539 e. The second-order valence-corrected chi connectivity index (χ2v) is 6.35. The van der Waals surface area contributed by atoms with E-state index < -0.39 is 0 Å². The summed E-state index contributed by atoms with van der Waals surface area (Å²) >= 11 is 2.06. The van der Waals surface area contributed by atoms with E-state index in [2.05, 4.69) is 54.8 Å². The van der Waals surface area contributed by atoms with Crippen molar-refractivity contribution in [1.82, 2.24) is 0 Å². The van der Waals surface area contributed by atoms with Crippen molar-refractivity contribution in [3.8, 4) is 0 Å². The molecule has 2 N–H and O–H groups in total. The van der Waals surface area contributed by atoms with Crippen LogP contribution < -0.4 is 10.6 Å². The van der Waals surface area contributed by atoms with Crippen LogP contribution in [-0.2, 0) is 0 Å². The molecule has 0 bridgehead atoms. The molecule has 1 saturated heterocycles. The van der Waals surface area contributed by atoms with Gasteiger partial charge < -0.3 is 10.6 Å². The van der Waals surface area contributed by atoms with Gasteiger partial charge in [0, 0.05) is 18.8 Å². The third kappa shape index (κ3) is 2.67. The number of hydrogen-bond acceptors (Lipinski definition) is 3. The lowest BCUT2D eigenvalue weighted by molar-refractivity contribution is 0.370. The van der Waals surface area contributed by atoms with Gasteiger partial charge in [-0.2, -0.15) is 11.8 Å². The second kappa shape index (κ2) is 5.98. The van der Waals surface area contributed by atoms with Crippen LogP contribution in [0.5, 0.6) is 0 Å². The Balaban J connectivity index is 2.31. The molecule has 1 fully saturated rings. The minimum atomic E-state index is 0.174. The summed E-state index contributed by atoms with van der Waals surface area (Å²) in [5.41, 5.74) is 8.96. The average Bonchev–Trinajstić information content (AvgIpc) is 2.41. The number of hydrogen-bond donors (Lipinski definition) is 1. The van der Waals surface area contributed by atoms with Crippen molar-refractivity contribution < 1.29 is 0 Å². The molecule has 1 aliphatic rings. The molecule has 18 heavy (non-hydrogen) atoms. The average molecular weight is 264 g/mol. The summed E-state index contributed by atoms with van der Waals surface area (Å²) in [7, 11) is 0. The molecule has 2 nitrogen and oxygen atoms in total. The van der Waals surface area contributed by atoms with Gasteiger partial charge in [-0.15, -0.1) is 0 Å². The van der Waals surface area contributed by atoms with Crippen LogP contribution in [0, 0.1) is 6.92 Å². The highest BCUT2D eigenvalue weighted by Gasteiger charge is 2.36. The maximum atomic E-state index is 6.14. The molecule has 1 heterocycles. The van der Waals surface area contributed by atoms with Crippen molar-refractivity contribution >= 4 is 17.4 Å². The fourth-order valence-electron chi connectivity index (χ4n) is 2.92. The number of anilines is 1. The lowest BCUT2D eigenvalue weighted by atomic mass is 9.89. The van der Waals surface area contributed by atoms with Crippen LogP contribution in [0.4, 0.5) is 5.69 Å². The lowest BCUT2D eigenvalue weighted by Gasteiger charge is -2.47. The van der Waals surface area contributed by atoms with E-state index in [9.17, 15) is 0 Å².